The van der Waals surface area contributed by atoms with E-state index < -0.39 is 0 Å². The third kappa shape index (κ3) is 3.59. The van der Waals surface area contributed by atoms with Crippen molar-refractivity contribution < 1.29 is 9.59 Å². The van der Waals surface area contributed by atoms with Gasteiger partial charge < -0.3 is 4.57 Å². The number of nitrogens with zero attached hydrogens (tertiary/aromatic N) is 1. The van der Waals surface area contributed by atoms with Crippen LogP contribution in [0.15, 0.2) is 10.2 Å². The number of carbonyl (C=O) groups is 2. The molecule has 26 heavy (non-hydrogen) atoms. The molecule has 0 atom stereocenters. The minimum atomic E-state index is -0.263. The number of hydrogen-bond acceptors (Lipinski definition) is 4. The Hall–Kier alpha value is -1.63. The van der Waals surface area contributed by atoms with E-state index in [0.717, 1.165) is 34.8 Å². The van der Waals surface area contributed by atoms with Gasteiger partial charge in [0.1, 0.15) is 0 Å². The van der Waals surface area contributed by atoms with E-state index >= 15 is 0 Å². The van der Waals surface area contributed by atoms with Gasteiger partial charge in [-0.3, -0.25) is 25.2 Å². The molecule has 4 aliphatic rings. The largest absolute Gasteiger partial charge is 0.307 e. The molecular weight excluding hydrogens is 350 g/mol. The molecular formula is C19H27N3O3S. The standard InChI is InChI=1S/C19H27N3O3S/c1-12-11-26-18(25)22(12)3-2-16(23)20-21-17(24)10-19-7-13-4-14(8-19)6-15(5-13)9-19/h11,13-15H,2-10H2,1H3,(H,20,23)(H,21,24). The summed E-state index contributed by atoms with van der Waals surface area (Å²) in [6.45, 7) is 2.19. The lowest BCUT2D eigenvalue weighted by atomic mass is 9.49. The number of nitrogens with one attached hydrogen (secondary N) is 2. The summed E-state index contributed by atoms with van der Waals surface area (Å²) >= 11 is 1.14. The second-order valence-corrected chi connectivity index (χ2v) is 9.56. The van der Waals surface area contributed by atoms with Gasteiger partial charge in [-0.2, -0.15) is 0 Å². The van der Waals surface area contributed by atoms with Gasteiger partial charge in [0, 0.05) is 30.5 Å². The van der Waals surface area contributed by atoms with Crippen LogP contribution in [-0.2, 0) is 16.1 Å². The highest BCUT2D eigenvalue weighted by atomic mass is 32.1. The van der Waals surface area contributed by atoms with Gasteiger partial charge in [-0.15, -0.1) is 0 Å². The van der Waals surface area contributed by atoms with Gasteiger partial charge in [-0.25, -0.2) is 0 Å². The van der Waals surface area contributed by atoms with E-state index in [1.807, 2.05) is 6.92 Å². The Morgan fingerprint density at radius 3 is 2.23 bits per heavy atom. The molecule has 6 nitrogen and oxygen atoms in total. The van der Waals surface area contributed by atoms with Gasteiger partial charge in [-0.05, 0) is 68.6 Å². The summed E-state index contributed by atoms with van der Waals surface area (Å²) in [7, 11) is 0. The van der Waals surface area contributed by atoms with E-state index in [-0.39, 0.29) is 28.5 Å². The summed E-state index contributed by atoms with van der Waals surface area (Å²) in [5.41, 5.74) is 6.14. The molecule has 5 rings (SSSR count). The van der Waals surface area contributed by atoms with Gasteiger partial charge in [-0.1, -0.05) is 11.3 Å². The Kier molecular flexibility index (Phi) is 4.67. The van der Waals surface area contributed by atoms with E-state index in [0.29, 0.717) is 13.0 Å². The molecule has 2 N–H and O–H groups in total. The number of rotatable bonds is 5. The van der Waals surface area contributed by atoms with Gasteiger partial charge in [0.25, 0.3) is 0 Å². The zero-order chi connectivity index (χ0) is 18.3. The molecule has 1 aromatic rings. The van der Waals surface area contributed by atoms with Gasteiger partial charge >= 0.3 is 4.87 Å². The summed E-state index contributed by atoms with van der Waals surface area (Å²) < 4.78 is 1.58. The summed E-state index contributed by atoms with van der Waals surface area (Å²) in [4.78, 5) is 36.0. The Morgan fingerprint density at radius 1 is 1.12 bits per heavy atom. The number of aromatic nitrogens is 1. The number of carbonyl (C=O) groups excluding carboxylic acids is 2. The molecule has 4 bridgehead atoms. The summed E-state index contributed by atoms with van der Waals surface area (Å²) in [5, 5.41) is 1.79. The van der Waals surface area contributed by atoms with Crippen LogP contribution in [0.5, 0.6) is 0 Å². The lowest BCUT2D eigenvalue weighted by Gasteiger charge is -2.56. The maximum Gasteiger partial charge on any atom is 0.307 e. The first-order valence-corrected chi connectivity index (χ1v) is 10.5. The molecule has 1 heterocycles. The van der Waals surface area contributed by atoms with Crippen LogP contribution < -0.4 is 15.7 Å². The topological polar surface area (TPSA) is 80.2 Å². The minimum Gasteiger partial charge on any atom is -0.303 e. The third-order valence-corrected chi connectivity index (χ3v) is 7.46. The van der Waals surface area contributed by atoms with Crippen LogP contribution in [-0.4, -0.2) is 16.4 Å². The fourth-order valence-corrected chi connectivity index (χ4v) is 6.74. The number of amides is 2. The van der Waals surface area contributed by atoms with Crippen LogP contribution >= 0.6 is 11.3 Å². The second-order valence-electron chi connectivity index (χ2n) is 8.74. The van der Waals surface area contributed by atoms with Crippen molar-refractivity contribution in [2.24, 2.45) is 23.2 Å². The predicted molar refractivity (Wildman–Crippen MR) is 99.4 cm³/mol. The lowest BCUT2D eigenvalue weighted by molar-refractivity contribution is -0.134. The van der Waals surface area contributed by atoms with E-state index in [1.54, 1.807) is 9.95 Å². The fraction of sp³-hybridized carbons (Fsp3) is 0.737. The van der Waals surface area contributed by atoms with Crippen LogP contribution in [0.25, 0.3) is 0 Å². The number of hydrogen-bond donors (Lipinski definition) is 2. The van der Waals surface area contributed by atoms with E-state index in [9.17, 15) is 14.4 Å². The molecule has 0 aliphatic heterocycles. The van der Waals surface area contributed by atoms with Gasteiger partial charge in [0.05, 0.1) is 0 Å². The number of thiazole rings is 1. The molecule has 0 spiro atoms. The SMILES string of the molecule is Cc1csc(=O)n1CCC(=O)NNC(=O)CC12CC3CC(CC(C3)C1)C2. The fourth-order valence-electron chi connectivity index (χ4n) is 5.98. The average Bonchev–Trinajstić information content (AvgIpc) is 2.87. The van der Waals surface area contributed by atoms with Crippen molar-refractivity contribution in [3.05, 3.63) is 20.7 Å². The van der Waals surface area contributed by atoms with E-state index in [1.165, 1.54) is 38.5 Å². The predicted octanol–water partition coefficient (Wildman–Crippen LogP) is 2.36. The molecule has 0 radical (unpaired) electrons. The van der Waals surface area contributed by atoms with Crippen molar-refractivity contribution >= 4 is 23.2 Å². The lowest BCUT2D eigenvalue weighted by Crippen LogP contribution is -2.50. The van der Waals surface area contributed by atoms with Crippen molar-refractivity contribution in [2.45, 2.75) is 64.8 Å². The van der Waals surface area contributed by atoms with E-state index in [4.69, 9.17) is 0 Å². The Labute approximate surface area is 157 Å². The van der Waals surface area contributed by atoms with Gasteiger partial charge in [0.2, 0.25) is 11.8 Å². The normalized spacial score (nSPS) is 31.8. The van der Waals surface area contributed by atoms with Crippen molar-refractivity contribution in [1.29, 1.82) is 0 Å². The molecule has 0 unspecified atom stereocenters. The molecule has 4 aliphatic carbocycles. The smallest absolute Gasteiger partial charge is 0.303 e. The molecule has 142 valence electrons. The molecule has 1 aromatic heterocycles. The quantitative estimate of drug-likeness (QED) is 0.773. The van der Waals surface area contributed by atoms with Crippen molar-refractivity contribution in [3.63, 3.8) is 0 Å². The molecule has 2 amide bonds. The highest BCUT2D eigenvalue weighted by Crippen LogP contribution is 2.61. The number of hydrazine groups is 1. The average molecular weight is 378 g/mol. The third-order valence-electron chi connectivity index (χ3n) is 6.58. The van der Waals surface area contributed by atoms with Crippen LogP contribution in [0.2, 0.25) is 0 Å². The Morgan fingerprint density at radius 2 is 1.69 bits per heavy atom. The summed E-state index contributed by atoms with van der Waals surface area (Å²) in [5.74, 6) is 2.10. The zero-order valence-corrected chi connectivity index (χ0v) is 16.1. The van der Waals surface area contributed by atoms with Crippen molar-refractivity contribution in [3.8, 4) is 0 Å². The molecule has 4 fully saturated rings. The van der Waals surface area contributed by atoms with Crippen LogP contribution in [0.3, 0.4) is 0 Å². The number of aryl methyl sites for hydroxylation is 1. The molecule has 0 aromatic carbocycles. The molecule has 4 saturated carbocycles. The van der Waals surface area contributed by atoms with Crippen molar-refractivity contribution in [1.82, 2.24) is 15.4 Å². The Balaban J connectivity index is 1.24. The maximum atomic E-state index is 12.4. The molecule has 0 saturated heterocycles. The minimum absolute atomic E-state index is 0.0545. The summed E-state index contributed by atoms with van der Waals surface area (Å²) in [6, 6.07) is 0. The first-order valence-electron chi connectivity index (χ1n) is 9.65. The zero-order valence-electron chi connectivity index (χ0n) is 15.3. The first-order chi connectivity index (χ1) is 12.4. The monoisotopic (exact) mass is 377 g/mol. The van der Waals surface area contributed by atoms with Gasteiger partial charge in [0.15, 0.2) is 0 Å². The second kappa shape index (κ2) is 6.83. The highest BCUT2D eigenvalue weighted by Gasteiger charge is 2.51. The first kappa shape index (κ1) is 17.8. The van der Waals surface area contributed by atoms with E-state index in [2.05, 4.69) is 10.9 Å². The summed E-state index contributed by atoms with van der Waals surface area (Å²) in [6.07, 6.45) is 8.33. The molecule has 7 heteroatoms. The maximum absolute atomic E-state index is 12.4. The van der Waals surface area contributed by atoms with Crippen LogP contribution in [0.4, 0.5) is 0 Å². The van der Waals surface area contributed by atoms with Crippen molar-refractivity contribution in [2.75, 3.05) is 0 Å². The van der Waals surface area contributed by atoms with Crippen LogP contribution in [0, 0.1) is 30.1 Å². The highest BCUT2D eigenvalue weighted by molar-refractivity contribution is 7.07. The Bertz CT molecular complexity index is 731. The van der Waals surface area contributed by atoms with Crippen LogP contribution in [0.1, 0.15) is 57.1 Å².